The number of cyclic esters (lactones) is 1. The number of carbonyl (C=O) groups excluding carboxylic acids is 2. The van der Waals surface area contributed by atoms with E-state index in [1.54, 1.807) is 30.2 Å². The molecular weight excluding hydrogens is 399 g/mol. The molecule has 1 aromatic carbocycles. The molecule has 0 aliphatic carbocycles. The molecule has 3 rings (SSSR count). The molecule has 2 heterocycles. The van der Waals surface area contributed by atoms with E-state index in [2.05, 4.69) is 6.07 Å². The lowest BCUT2D eigenvalue weighted by Gasteiger charge is -2.30. The van der Waals surface area contributed by atoms with E-state index >= 15 is 0 Å². The summed E-state index contributed by atoms with van der Waals surface area (Å²) in [5, 5.41) is 8.77. The molecule has 0 unspecified atom stereocenters. The highest BCUT2D eigenvalue weighted by Crippen LogP contribution is 2.30. The molecule has 0 aromatic heterocycles. The maximum absolute atomic E-state index is 14.9. The zero-order valence-corrected chi connectivity index (χ0v) is 18.3. The molecule has 2 aliphatic heterocycles. The number of halogens is 1. The summed E-state index contributed by atoms with van der Waals surface area (Å²) in [5.74, 6) is -0.132. The quantitative estimate of drug-likeness (QED) is 0.646. The number of nitriles is 1. The number of hydrogen-bond acceptors (Lipinski definition) is 5. The van der Waals surface area contributed by atoms with Crippen molar-refractivity contribution in [2.24, 2.45) is 5.92 Å². The van der Waals surface area contributed by atoms with Crippen LogP contribution in [0.15, 0.2) is 29.8 Å². The van der Waals surface area contributed by atoms with Gasteiger partial charge in [0.2, 0.25) is 5.91 Å². The van der Waals surface area contributed by atoms with Crippen LogP contribution in [0.2, 0.25) is 0 Å². The molecule has 166 valence electrons. The number of ether oxygens (including phenoxy) is 1. The Balaban J connectivity index is 1.62. The van der Waals surface area contributed by atoms with Crippen LogP contribution in [0.1, 0.15) is 33.1 Å². The Morgan fingerprint density at radius 3 is 2.71 bits per heavy atom. The summed E-state index contributed by atoms with van der Waals surface area (Å²) in [4.78, 5) is 29.4. The van der Waals surface area contributed by atoms with Crippen molar-refractivity contribution in [2.75, 3.05) is 43.0 Å². The summed E-state index contributed by atoms with van der Waals surface area (Å²) >= 11 is 0. The van der Waals surface area contributed by atoms with E-state index in [-0.39, 0.29) is 18.4 Å². The maximum atomic E-state index is 14.9. The van der Waals surface area contributed by atoms with Gasteiger partial charge in [0.05, 0.1) is 30.5 Å². The van der Waals surface area contributed by atoms with E-state index in [0.717, 1.165) is 18.4 Å². The van der Waals surface area contributed by atoms with Gasteiger partial charge in [-0.2, -0.15) is 5.26 Å². The first-order valence-corrected chi connectivity index (χ1v) is 10.6. The molecule has 0 saturated carbocycles. The summed E-state index contributed by atoms with van der Waals surface area (Å²) in [6.45, 7) is 5.83. The van der Waals surface area contributed by atoms with Crippen LogP contribution in [0.25, 0.3) is 0 Å². The zero-order valence-electron chi connectivity index (χ0n) is 18.3. The summed E-state index contributed by atoms with van der Waals surface area (Å²) in [7, 11) is 1.70. The third kappa shape index (κ3) is 5.54. The minimum atomic E-state index is -0.536. The molecule has 0 radical (unpaired) electrons. The molecule has 0 bridgehead atoms. The monoisotopic (exact) mass is 428 g/mol. The fourth-order valence-electron chi connectivity index (χ4n) is 3.93. The van der Waals surface area contributed by atoms with Gasteiger partial charge in [-0.3, -0.25) is 9.69 Å². The Bertz CT molecular complexity index is 899. The van der Waals surface area contributed by atoms with Crippen molar-refractivity contribution in [3.05, 3.63) is 35.7 Å². The largest absolute Gasteiger partial charge is 0.442 e. The lowest BCUT2D eigenvalue weighted by molar-refractivity contribution is -0.131. The molecule has 2 aliphatic rings. The molecule has 2 saturated heterocycles. The topological polar surface area (TPSA) is 76.9 Å². The number of carbonyl (C=O) groups is 2. The highest BCUT2D eigenvalue weighted by Gasteiger charge is 2.34. The number of likely N-dealkylation sites (N-methyl/N-ethyl adjacent to an activating group) is 1. The Kier molecular flexibility index (Phi) is 7.16. The van der Waals surface area contributed by atoms with Crippen molar-refractivity contribution in [3.8, 4) is 6.07 Å². The SMILES string of the molecule is CC(C)CC(=O)N(C)C[C@H]1CN(c2ccc(N3CCC(=CC#N)CC3)c(F)c2)C(=O)O1. The Morgan fingerprint density at radius 2 is 2.10 bits per heavy atom. The highest BCUT2D eigenvalue weighted by atomic mass is 19.1. The molecule has 31 heavy (non-hydrogen) atoms. The van der Waals surface area contributed by atoms with Gasteiger partial charge in [0.15, 0.2) is 0 Å². The molecule has 8 heteroatoms. The number of piperidine rings is 1. The van der Waals surface area contributed by atoms with Crippen molar-refractivity contribution in [3.63, 3.8) is 0 Å². The molecule has 7 nitrogen and oxygen atoms in total. The second-order valence-corrected chi connectivity index (χ2v) is 8.54. The standard InChI is InChI=1S/C23H29FN4O3/c1-16(2)12-22(29)26(3)14-19-15-28(23(30)31-19)18-4-5-21(20(24)13-18)27-10-7-17(6-9-25)8-11-27/h4-6,13,16,19H,7-8,10-12,14-15H2,1-3H3/t19-/m0/s1. The van der Waals surface area contributed by atoms with E-state index in [4.69, 9.17) is 10.00 Å². The van der Waals surface area contributed by atoms with Crippen LogP contribution < -0.4 is 9.80 Å². The molecule has 1 atom stereocenters. The average molecular weight is 429 g/mol. The lowest BCUT2D eigenvalue weighted by atomic mass is 10.0. The van der Waals surface area contributed by atoms with Crippen LogP contribution in [-0.2, 0) is 9.53 Å². The number of allylic oxidation sites excluding steroid dienone is 1. The van der Waals surface area contributed by atoms with Gasteiger partial charge in [-0.15, -0.1) is 0 Å². The molecular formula is C23H29FN4O3. The van der Waals surface area contributed by atoms with Gasteiger partial charge in [-0.05, 0) is 37.0 Å². The third-order valence-corrected chi connectivity index (χ3v) is 5.62. The van der Waals surface area contributed by atoms with E-state index < -0.39 is 18.0 Å². The second kappa shape index (κ2) is 9.82. The summed E-state index contributed by atoms with van der Waals surface area (Å²) < 4.78 is 20.3. The van der Waals surface area contributed by atoms with Gasteiger partial charge in [0.1, 0.15) is 11.9 Å². The van der Waals surface area contributed by atoms with Gasteiger partial charge < -0.3 is 14.5 Å². The van der Waals surface area contributed by atoms with Gasteiger partial charge in [-0.25, -0.2) is 9.18 Å². The van der Waals surface area contributed by atoms with Crippen LogP contribution in [0.4, 0.5) is 20.6 Å². The lowest BCUT2D eigenvalue weighted by Crippen LogP contribution is -2.36. The van der Waals surface area contributed by atoms with E-state index in [0.29, 0.717) is 37.4 Å². The average Bonchev–Trinajstić information content (AvgIpc) is 3.08. The normalized spacial score (nSPS) is 18.8. The minimum Gasteiger partial charge on any atom is -0.442 e. The smallest absolute Gasteiger partial charge is 0.414 e. The first kappa shape index (κ1) is 22.6. The van der Waals surface area contributed by atoms with Crippen molar-refractivity contribution >= 4 is 23.4 Å². The van der Waals surface area contributed by atoms with E-state index in [9.17, 15) is 14.0 Å². The number of hydrogen-bond donors (Lipinski definition) is 0. The van der Waals surface area contributed by atoms with Crippen molar-refractivity contribution in [2.45, 2.75) is 39.2 Å². The first-order valence-electron chi connectivity index (χ1n) is 10.6. The number of benzene rings is 1. The summed E-state index contributed by atoms with van der Waals surface area (Å²) in [6, 6.07) is 6.81. The maximum Gasteiger partial charge on any atom is 0.414 e. The Labute approximate surface area is 182 Å². The Morgan fingerprint density at radius 1 is 1.39 bits per heavy atom. The zero-order chi connectivity index (χ0) is 22.5. The van der Waals surface area contributed by atoms with Crippen molar-refractivity contribution in [1.29, 1.82) is 5.26 Å². The molecule has 0 spiro atoms. The predicted octanol–water partition coefficient (Wildman–Crippen LogP) is 3.71. The number of anilines is 2. The molecule has 0 N–H and O–H groups in total. The fraction of sp³-hybridized carbons (Fsp3) is 0.522. The van der Waals surface area contributed by atoms with Crippen LogP contribution in [0, 0.1) is 23.1 Å². The highest BCUT2D eigenvalue weighted by molar-refractivity contribution is 5.90. The molecule has 1 aromatic rings. The number of amides is 2. The van der Waals surface area contributed by atoms with Gasteiger partial charge >= 0.3 is 6.09 Å². The van der Waals surface area contributed by atoms with E-state index in [1.165, 1.54) is 11.0 Å². The third-order valence-electron chi connectivity index (χ3n) is 5.62. The molecule has 2 amide bonds. The van der Waals surface area contributed by atoms with Crippen LogP contribution >= 0.6 is 0 Å². The second-order valence-electron chi connectivity index (χ2n) is 8.54. The van der Waals surface area contributed by atoms with Crippen molar-refractivity contribution < 1.29 is 18.7 Å². The van der Waals surface area contributed by atoms with E-state index in [1.807, 2.05) is 18.7 Å². The Hall–Kier alpha value is -3.08. The number of nitrogens with zero attached hydrogens (tertiary/aromatic N) is 4. The van der Waals surface area contributed by atoms with Crippen LogP contribution in [-0.4, -0.2) is 56.2 Å². The molecule has 2 fully saturated rings. The first-order chi connectivity index (χ1) is 14.8. The predicted molar refractivity (Wildman–Crippen MR) is 116 cm³/mol. The summed E-state index contributed by atoms with van der Waals surface area (Å²) in [5.41, 5.74) is 2.01. The van der Waals surface area contributed by atoms with Gasteiger partial charge in [-0.1, -0.05) is 19.4 Å². The summed E-state index contributed by atoms with van der Waals surface area (Å²) in [6.07, 6.45) is 2.49. The van der Waals surface area contributed by atoms with Crippen LogP contribution in [0.5, 0.6) is 0 Å². The van der Waals surface area contributed by atoms with Crippen LogP contribution in [0.3, 0.4) is 0 Å². The minimum absolute atomic E-state index is 0.00852. The fourth-order valence-corrected chi connectivity index (χ4v) is 3.93. The van der Waals surface area contributed by atoms with Gasteiger partial charge in [0, 0.05) is 32.6 Å². The number of rotatable bonds is 6. The van der Waals surface area contributed by atoms with Crippen molar-refractivity contribution in [1.82, 2.24) is 4.90 Å². The van der Waals surface area contributed by atoms with Gasteiger partial charge in [0.25, 0.3) is 0 Å².